The number of hydrogen-bond donors (Lipinski definition) is 1. The van der Waals surface area contributed by atoms with Gasteiger partial charge >= 0.3 is 0 Å². The molecule has 0 spiro atoms. The van der Waals surface area contributed by atoms with E-state index in [1.807, 2.05) is 0 Å². The van der Waals surface area contributed by atoms with E-state index in [2.05, 4.69) is 5.32 Å². The second-order valence-corrected chi connectivity index (χ2v) is 7.09. The number of anilines is 1. The van der Waals surface area contributed by atoms with Gasteiger partial charge in [-0.15, -0.1) is 0 Å². The zero-order chi connectivity index (χ0) is 19.8. The van der Waals surface area contributed by atoms with Gasteiger partial charge in [-0.25, -0.2) is 8.78 Å². The number of hydrogen-bond acceptors (Lipinski definition) is 4. The Labute approximate surface area is 164 Å². The van der Waals surface area contributed by atoms with Gasteiger partial charge in [0.1, 0.15) is 23.1 Å². The van der Waals surface area contributed by atoms with Gasteiger partial charge in [0.2, 0.25) is 0 Å². The SMILES string of the molecule is O=C1COc2cc(F)c(C(=O)N3CC(COc4cc(F)cc(Cl)c4)C3)cc2N1. The number of nitrogens with one attached hydrogen (secondary N) is 1. The average molecular weight is 409 g/mol. The molecule has 1 fully saturated rings. The first-order valence-corrected chi connectivity index (χ1v) is 8.91. The third kappa shape index (κ3) is 3.73. The smallest absolute Gasteiger partial charge is 0.262 e. The number of benzene rings is 2. The van der Waals surface area contributed by atoms with Gasteiger partial charge in [-0.3, -0.25) is 9.59 Å². The molecule has 1 N–H and O–H groups in total. The molecule has 2 aliphatic rings. The summed E-state index contributed by atoms with van der Waals surface area (Å²) >= 11 is 5.78. The number of nitrogens with zero attached hydrogens (tertiary/aromatic N) is 1. The summed E-state index contributed by atoms with van der Waals surface area (Å²) in [7, 11) is 0. The van der Waals surface area contributed by atoms with Crippen LogP contribution in [0.2, 0.25) is 5.02 Å². The molecule has 0 bridgehead atoms. The fourth-order valence-electron chi connectivity index (χ4n) is 3.10. The minimum absolute atomic E-state index is 0.0368. The summed E-state index contributed by atoms with van der Waals surface area (Å²) in [5.41, 5.74) is 0.130. The van der Waals surface area contributed by atoms with Crippen LogP contribution in [0.1, 0.15) is 10.4 Å². The molecule has 0 radical (unpaired) electrons. The van der Waals surface area contributed by atoms with Crippen LogP contribution in [0.5, 0.6) is 11.5 Å². The molecule has 146 valence electrons. The maximum Gasteiger partial charge on any atom is 0.262 e. The van der Waals surface area contributed by atoms with Gasteiger partial charge < -0.3 is 19.7 Å². The molecule has 2 aliphatic heterocycles. The Morgan fingerprint density at radius 2 is 2.04 bits per heavy atom. The third-order valence-corrected chi connectivity index (χ3v) is 4.72. The summed E-state index contributed by atoms with van der Waals surface area (Å²) in [5.74, 6) is -1.51. The van der Waals surface area contributed by atoms with E-state index in [1.54, 1.807) is 0 Å². The Morgan fingerprint density at radius 3 is 2.79 bits per heavy atom. The van der Waals surface area contributed by atoms with Crippen molar-refractivity contribution < 1.29 is 27.8 Å². The van der Waals surface area contributed by atoms with E-state index in [9.17, 15) is 18.4 Å². The molecule has 4 rings (SSSR count). The summed E-state index contributed by atoms with van der Waals surface area (Å²) in [5, 5.41) is 2.79. The summed E-state index contributed by atoms with van der Waals surface area (Å²) in [4.78, 5) is 25.4. The number of carbonyl (C=O) groups is 2. The van der Waals surface area contributed by atoms with Gasteiger partial charge in [0.15, 0.2) is 6.61 Å². The van der Waals surface area contributed by atoms with Gasteiger partial charge in [-0.05, 0) is 18.2 Å². The van der Waals surface area contributed by atoms with E-state index in [4.69, 9.17) is 21.1 Å². The lowest BCUT2D eigenvalue weighted by molar-refractivity contribution is -0.118. The summed E-state index contributed by atoms with van der Waals surface area (Å²) in [6.45, 7) is 0.840. The van der Waals surface area contributed by atoms with Crippen molar-refractivity contribution in [3.8, 4) is 11.5 Å². The van der Waals surface area contributed by atoms with Crippen molar-refractivity contribution in [2.24, 2.45) is 5.92 Å². The predicted octanol–water partition coefficient (Wildman–Crippen LogP) is 3.10. The van der Waals surface area contributed by atoms with Crippen LogP contribution < -0.4 is 14.8 Å². The molecule has 2 heterocycles. The zero-order valence-electron chi connectivity index (χ0n) is 14.5. The van der Waals surface area contributed by atoms with Crippen LogP contribution >= 0.6 is 11.6 Å². The average Bonchev–Trinajstić information content (AvgIpc) is 2.59. The van der Waals surface area contributed by atoms with Crippen LogP contribution in [-0.2, 0) is 4.79 Å². The Balaban J connectivity index is 1.36. The second kappa shape index (κ2) is 7.27. The molecule has 0 aromatic heterocycles. The van der Waals surface area contributed by atoms with E-state index < -0.39 is 17.5 Å². The molecule has 0 saturated carbocycles. The maximum absolute atomic E-state index is 14.3. The highest BCUT2D eigenvalue weighted by Crippen LogP contribution is 2.32. The molecule has 2 aromatic carbocycles. The first kappa shape index (κ1) is 18.5. The van der Waals surface area contributed by atoms with E-state index in [1.165, 1.54) is 29.2 Å². The molecular weight excluding hydrogens is 394 g/mol. The molecule has 28 heavy (non-hydrogen) atoms. The fraction of sp³-hybridized carbons (Fsp3) is 0.263. The molecule has 0 aliphatic carbocycles. The topological polar surface area (TPSA) is 67.9 Å². The fourth-order valence-corrected chi connectivity index (χ4v) is 3.31. The van der Waals surface area contributed by atoms with Crippen LogP contribution in [0.25, 0.3) is 0 Å². The highest BCUT2D eigenvalue weighted by atomic mass is 35.5. The van der Waals surface area contributed by atoms with E-state index in [-0.39, 0.29) is 47.1 Å². The van der Waals surface area contributed by atoms with E-state index in [0.29, 0.717) is 18.8 Å². The number of fused-ring (bicyclic) bond motifs is 1. The number of halogens is 3. The van der Waals surface area contributed by atoms with Gasteiger partial charge in [0.05, 0.1) is 17.9 Å². The van der Waals surface area contributed by atoms with Crippen LogP contribution in [-0.4, -0.2) is 43.0 Å². The highest BCUT2D eigenvalue weighted by Gasteiger charge is 2.33. The van der Waals surface area contributed by atoms with Crippen molar-refractivity contribution in [3.63, 3.8) is 0 Å². The molecule has 2 amide bonds. The molecular formula is C19H15ClF2N2O4. The first-order chi connectivity index (χ1) is 13.4. The van der Waals surface area contributed by atoms with Crippen molar-refractivity contribution in [1.29, 1.82) is 0 Å². The number of likely N-dealkylation sites (tertiary alicyclic amines) is 1. The largest absolute Gasteiger partial charge is 0.493 e. The van der Waals surface area contributed by atoms with Crippen molar-refractivity contribution in [2.45, 2.75) is 0 Å². The monoisotopic (exact) mass is 408 g/mol. The quantitative estimate of drug-likeness (QED) is 0.844. The molecule has 0 unspecified atom stereocenters. The van der Waals surface area contributed by atoms with Gasteiger partial charge in [-0.1, -0.05) is 11.6 Å². The highest BCUT2D eigenvalue weighted by molar-refractivity contribution is 6.30. The zero-order valence-corrected chi connectivity index (χ0v) is 15.3. The lowest BCUT2D eigenvalue weighted by atomic mass is 9.99. The summed E-state index contributed by atoms with van der Waals surface area (Å²) in [6.07, 6.45) is 0. The van der Waals surface area contributed by atoms with E-state index in [0.717, 1.165) is 6.07 Å². The molecule has 9 heteroatoms. The standard InChI is InChI=1S/C19H15ClF2N2O4/c20-11-1-12(21)3-13(2-11)27-8-10-6-24(7-10)19(26)14-4-16-17(5-15(14)22)28-9-18(25)23-16/h1-5,10H,6-9H2,(H,23,25). The van der Waals surface area contributed by atoms with Gasteiger partial charge in [-0.2, -0.15) is 0 Å². The summed E-state index contributed by atoms with van der Waals surface area (Å²) < 4.78 is 38.2. The van der Waals surface area contributed by atoms with Crippen molar-refractivity contribution >= 4 is 29.1 Å². The Kier molecular flexibility index (Phi) is 4.80. The van der Waals surface area contributed by atoms with Crippen molar-refractivity contribution in [1.82, 2.24) is 4.90 Å². The van der Waals surface area contributed by atoms with Crippen molar-refractivity contribution in [2.75, 3.05) is 31.6 Å². The normalized spacial score (nSPS) is 16.0. The molecule has 2 aromatic rings. The van der Waals surface area contributed by atoms with Crippen LogP contribution in [0.4, 0.5) is 14.5 Å². The minimum Gasteiger partial charge on any atom is -0.493 e. The number of carbonyl (C=O) groups excluding carboxylic acids is 2. The van der Waals surface area contributed by atoms with Crippen LogP contribution in [0, 0.1) is 17.6 Å². The maximum atomic E-state index is 14.3. The molecule has 0 atom stereocenters. The Bertz CT molecular complexity index is 943. The number of ether oxygens (including phenoxy) is 2. The summed E-state index contributed by atoms with van der Waals surface area (Å²) in [6, 6.07) is 6.29. The Hall–Kier alpha value is -2.87. The van der Waals surface area contributed by atoms with Crippen molar-refractivity contribution in [3.05, 3.63) is 52.6 Å². The minimum atomic E-state index is -0.714. The predicted molar refractivity (Wildman–Crippen MR) is 96.8 cm³/mol. The van der Waals surface area contributed by atoms with E-state index >= 15 is 0 Å². The molecule has 1 saturated heterocycles. The lowest BCUT2D eigenvalue weighted by Crippen LogP contribution is -2.52. The van der Waals surface area contributed by atoms with Gasteiger partial charge in [0.25, 0.3) is 11.8 Å². The van der Waals surface area contributed by atoms with Gasteiger partial charge in [0, 0.05) is 36.2 Å². The number of rotatable bonds is 4. The second-order valence-electron chi connectivity index (χ2n) is 6.66. The molecule has 6 nitrogen and oxygen atoms in total. The van der Waals surface area contributed by atoms with Crippen LogP contribution in [0.3, 0.4) is 0 Å². The lowest BCUT2D eigenvalue weighted by Gasteiger charge is -2.39. The Morgan fingerprint density at radius 1 is 1.25 bits per heavy atom. The van der Waals surface area contributed by atoms with Crippen LogP contribution in [0.15, 0.2) is 30.3 Å². The third-order valence-electron chi connectivity index (χ3n) is 4.50. The number of amides is 2. The first-order valence-electron chi connectivity index (χ1n) is 8.53.